The summed E-state index contributed by atoms with van der Waals surface area (Å²) in [7, 11) is 0. The van der Waals surface area contributed by atoms with Gasteiger partial charge in [-0.25, -0.2) is 4.98 Å². The zero-order chi connectivity index (χ0) is 13.6. The van der Waals surface area contributed by atoms with Crippen LogP contribution in [0.25, 0.3) is 0 Å². The van der Waals surface area contributed by atoms with Gasteiger partial charge in [0, 0.05) is 0 Å². The van der Waals surface area contributed by atoms with Crippen molar-refractivity contribution in [1.82, 2.24) is 20.5 Å². The van der Waals surface area contributed by atoms with Crippen molar-refractivity contribution in [2.45, 2.75) is 24.5 Å². The number of anilines is 1. The molecule has 1 amide bonds. The molecule has 1 saturated heterocycles. The Morgan fingerprint density at radius 1 is 1.37 bits per heavy atom. The third kappa shape index (κ3) is 1.77. The molecule has 2 aliphatic rings. The average Bonchev–Trinajstić information content (AvgIpc) is 2.94. The molecule has 0 radical (unpaired) electrons. The van der Waals surface area contributed by atoms with E-state index < -0.39 is 37.1 Å². The molecule has 1 fully saturated rings. The van der Waals surface area contributed by atoms with E-state index in [0.29, 0.717) is 5.82 Å². The van der Waals surface area contributed by atoms with Gasteiger partial charge in [-0.3, -0.25) is 20.2 Å². The highest BCUT2D eigenvalue weighted by molar-refractivity contribution is 5.97. The number of fused-ring (bicyclic) bond motifs is 1. The maximum atomic E-state index is 11.5. The fourth-order valence-corrected chi connectivity index (χ4v) is 2.16. The minimum Gasteiger partial charge on any atom is -0.394 e. The van der Waals surface area contributed by atoms with Crippen molar-refractivity contribution in [3.63, 3.8) is 0 Å². The lowest BCUT2D eigenvalue weighted by Gasteiger charge is -2.22. The van der Waals surface area contributed by atoms with E-state index in [-0.39, 0.29) is 5.69 Å². The molecule has 10 heteroatoms. The first kappa shape index (κ1) is 12.3. The van der Waals surface area contributed by atoms with Crippen molar-refractivity contribution in [2.75, 3.05) is 12.0 Å². The van der Waals surface area contributed by atoms with Crippen LogP contribution in [-0.2, 0) is 4.74 Å². The summed E-state index contributed by atoms with van der Waals surface area (Å²) in [5, 5.41) is 28.7. The van der Waals surface area contributed by atoms with Crippen molar-refractivity contribution in [3.8, 4) is 0 Å². The molecule has 0 aromatic carbocycles. The molecule has 6 N–H and O–H groups in total. The molecule has 3 heterocycles. The molecular formula is C9H13N5O5. The van der Waals surface area contributed by atoms with Gasteiger partial charge in [0.05, 0.1) is 12.9 Å². The summed E-state index contributed by atoms with van der Waals surface area (Å²) in [5.74, 6) is -0.127. The quantitative estimate of drug-likeness (QED) is 0.336. The first-order chi connectivity index (χ1) is 9.13. The summed E-state index contributed by atoms with van der Waals surface area (Å²) >= 11 is 0. The maximum Gasteiger partial charge on any atom is 0.289 e. The third-order valence-electron chi connectivity index (χ3n) is 3.16. The van der Waals surface area contributed by atoms with Gasteiger partial charge in [-0.05, 0) is 0 Å². The standard InChI is InChI=1S/C9H13N5O5/c15-1-3-5(16)6(17)9(19-3)14-2-10-4-7(14)11-13-12-8(4)18/h2-3,5-6,9,11,13,15-17H,1H2,(H,12,18)/t3-,5-,6-,9-/m1/s1. The van der Waals surface area contributed by atoms with Crippen LogP contribution in [0.15, 0.2) is 6.33 Å². The lowest BCUT2D eigenvalue weighted by atomic mass is 10.1. The fraction of sp³-hybridized carbons (Fsp3) is 0.556. The second kappa shape index (κ2) is 4.43. The fourth-order valence-electron chi connectivity index (χ4n) is 2.16. The summed E-state index contributed by atoms with van der Waals surface area (Å²) in [6.45, 7) is -0.419. The summed E-state index contributed by atoms with van der Waals surface area (Å²) in [4.78, 5) is 15.4. The normalized spacial score (nSPS) is 33.7. The number of rotatable bonds is 2. The van der Waals surface area contributed by atoms with Gasteiger partial charge in [-0.15, -0.1) is 5.53 Å². The van der Waals surface area contributed by atoms with Crippen LogP contribution in [0.3, 0.4) is 0 Å². The van der Waals surface area contributed by atoms with Crippen LogP contribution in [0.1, 0.15) is 16.7 Å². The van der Waals surface area contributed by atoms with Gasteiger partial charge >= 0.3 is 0 Å². The zero-order valence-corrected chi connectivity index (χ0v) is 9.65. The Hall–Kier alpha value is -1.72. The molecule has 104 valence electrons. The molecule has 4 atom stereocenters. The largest absolute Gasteiger partial charge is 0.394 e. The van der Waals surface area contributed by atoms with Gasteiger partial charge in [0.1, 0.15) is 18.3 Å². The second-order valence-corrected chi connectivity index (χ2v) is 4.28. The second-order valence-electron chi connectivity index (χ2n) is 4.28. The molecule has 0 saturated carbocycles. The Morgan fingerprint density at radius 3 is 2.84 bits per heavy atom. The molecule has 0 bridgehead atoms. The molecule has 1 aromatic heterocycles. The summed E-state index contributed by atoms with van der Waals surface area (Å²) in [6.07, 6.45) is -2.96. The number of aliphatic hydroxyl groups is 3. The molecule has 0 spiro atoms. The lowest BCUT2D eigenvalue weighted by molar-refractivity contribution is -0.0519. The van der Waals surface area contributed by atoms with E-state index >= 15 is 0 Å². The van der Waals surface area contributed by atoms with Crippen LogP contribution in [0.5, 0.6) is 0 Å². The maximum absolute atomic E-state index is 11.5. The number of aromatic nitrogens is 2. The van der Waals surface area contributed by atoms with Gasteiger partial charge < -0.3 is 20.1 Å². The van der Waals surface area contributed by atoms with E-state index in [4.69, 9.17) is 9.84 Å². The smallest absolute Gasteiger partial charge is 0.289 e. The first-order valence-corrected chi connectivity index (χ1v) is 5.64. The predicted octanol–water partition coefficient (Wildman–Crippen LogP) is -2.93. The molecule has 0 unspecified atom stereocenters. The monoisotopic (exact) mass is 271 g/mol. The Kier molecular flexibility index (Phi) is 2.88. The average molecular weight is 271 g/mol. The number of carbonyl (C=O) groups is 1. The zero-order valence-electron chi connectivity index (χ0n) is 9.65. The lowest BCUT2D eigenvalue weighted by Crippen LogP contribution is -2.46. The molecule has 0 aliphatic carbocycles. The van der Waals surface area contributed by atoms with E-state index in [1.807, 2.05) is 0 Å². The Morgan fingerprint density at radius 2 is 2.16 bits per heavy atom. The highest BCUT2D eigenvalue weighted by atomic mass is 16.6. The minimum atomic E-state index is -1.23. The number of hydrogen-bond donors (Lipinski definition) is 6. The number of aliphatic hydroxyl groups excluding tert-OH is 3. The number of carbonyl (C=O) groups excluding carboxylic acids is 1. The third-order valence-corrected chi connectivity index (χ3v) is 3.16. The number of nitrogens with one attached hydrogen (secondary N) is 3. The van der Waals surface area contributed by atoms with Crippen LogP contribution < -0.4 is 16.4 Å². The highest BCUT2D eigenvalue weighted by Crippen LogP contribution is 2.32. The van der Waals surface area contributed by atoms with Crippen molar-refractivity contribution < 1.29 is 24.9 Å². The molecule has 1 aromatic rings. The molecule has 2 aliphatic heterocycles. The van der Waals surface area contributed by atoms with Gasteiger partial charge in [-0.1, -0.05) is 0 Å². The van der Waals surface area contributed by atoms with Gasteiger partial charge in [0.15, 0.2) is 17.7 Å². The van der Waals surface area contributed by atoms with E-state index in [1.54, 1.807) is 0 Å². The molecule has 10 nitrogen and oxygen atoms in total. The summed E-state index contributed by atoms with van der Waals surface area (Å²) < 4.78 is 6.73. The van der Waals surface area contributed by atoms with Crippen LogP contribution in [0.2, 0.25) is 0 Å². The van der Waals surface area contributed by atoms with E-state index in [1.165, 1.54) is 10.9 Å². The summed E-state index contributed by atoms with van der Waals surface area (Å²) in [5.41, 5.74) is 7.55. The number of hydrogen-bond acceptors (Lipinski definition) is 8. The topological polar surface area (TPSA) is 141 Å². The number of ether oxygens (including phenoxy) is 1. The summed E-state index contributed by atoms with van der Waals surface area (Å²) in [6, 6.07) is 0. The number of hydrazine groups is 2. The van der Waals surface area contributed by atoms with E-state index in [2.05, 4.69) is 21.4 Å². The molecule has 3 rings (SSSR count). The predicted molar refractivity (Wildman–Crippen MR) is 59.5 cm³/mol. The highest BCUT2D eigenvalue weighted by Gasteiger charge is 2.44. The van der Waals surface area contributed by atoms with Gasteiger partial charge in [-0.2, -0.15) is 0 Å². The molecule has 19 heavy (non-hydrogen) atoms. The van der Waals surface area contributed by atoms with Crippen molar-refractivity contribution >= 4 is 11.7 Å². The van der Waals surface area contributed by atoms with Crippen molar-refractivity contribution in [1.29, 1.82) is 0 Å². The minimum absolute atomic E-state index is 0.136. The Bertz CT molecular complexity index is 505. The SMILES string of the molecule is O=C1NNNc2c1ncn2[C@@H]1O[C@H](CO)[C@@H](O)[C@H]1O. The van der Waals surface area contributed by atoms with Crippen LogP contribution >= 0.6 is 0 Å². The van der Waals surface area contributed by atoms with E-state index in [0.717, 1.165) is 0 Å². The van der Waals surface area contributed by atoms with Crippen LogP contribution in [0, 0.1) is 0 Å². The van der Waals surface area contributed by atoms with Crippen molar-refractivity contribution in [3.05, 3.63) is 12.0 Å². The van der Waals surface area contributed by atoms with Crippen LogP contribution in [0.4, 0.5) is 5.82 Å². The van der Waals surface area contributed by atoms with E-state index in [9.17, 15) is 15.0 Å². The van der Waals surface area contributed by atoms with Gasteiger partial charge in [0.2, 0.25) is 0 Å². The Balaban J connectivity index is 1.93. The number of nitrogens with zero attached hydrogens (tertiary/aromatic N) is 2. The van der Waals surface area contributed by atoms with Gasteiger partial charge in [0.25, 0.3) is 5.91 Å². The number of imidazole rings is 1. The molecular weight excluding hydrogens is 258 g/mol. The van der Waals surface area contributed by atoms with Crippen LogP contribution in [-0.4, -0.2) is 55.7 Å². The number of amides is 1. The Labute approximate surface area is 106 Å². The first-order valence-electron chi connectivity index (χ1n) is 5.64. The van der Waals surface area contributed by atoms with Crippen molar-refractivity contribution in [2.24, 2.45) is 0 Å².